The largest absolute Gasteiger partial charge is 0.465 e. The molecule has 2 aromatic heterocycles. The van der Waals surface area contributed by atoms with Gasteiger partial charge >= 0.3 is 5.97 Å². The number of ether oxygens (including phenoxy) is 1. The summed E-state index contributed by atoms with van der Waals surface area (Å²) in [6.45, 7) is 0.640. The molecule has 0 bridgehead atoms. The Morgan fingerprint density at radius 2 is 2.03 bits per heavy atom. The number of methoxy groups -OCH3 is 1. The second kappa shape index (κ2) is 9.28. The molecule has 0 radical (unpaired) electrons. The Labute approximate surface area is 185 Å². The topological polar surface area (TPSA) is 87.8 Å². The van der Waals surface area contributed by atoms with Crippen molar-refractivity contribution in [1.82, 2.24) is 15.2 Å². The highest BCUT2D eigenvalue weighted by atomic mass is 32.1. The van der Waals surface area contributed by atoms with E-state index >= 15 is 0 Å². The first-order valence-corrected chi connectivity index (χ1v) is 10.4. The van der Waals surface area contributed by atoms with E-state index in [4.69, 9.17) is 21.4 Å². The minimum atomic E-state index is -0.423. The Morgan fingerprint density at radius 3 is 2.77 bits per heavy atom. The number of pyridine rings is 1. The van der Waals surface area contributed by atoms with Crippen LogP contribution in [0, 0.1) is 0 Å². The molecule has 2 atom stereocenters. The molecule has 2 N–H and O–H groups in total. The number of benzene rings is 1. The van der Waals surface area contributed by atoms with E-state index in [1.54, 1.807) is 18.3 Å². The zero-order valence-electron chi connectivity index (χ0n) is 17.0. The van der Waals surface area contributed by atoms with Crippen LogP contribution in [0.3, 0.4) is 0 Å². The van der Waals surface area contributed by atoms with Crippen molar-refractivity contribution < 1.29 is 19.1 Å². The Kier molecular flexibility index (Phi) is 6.29. The molecule has 1 aromatic carbocycles. The lowest BCUT2D eigenvalue weighted by Gasteiger charge is -2.25. The number of aliphatic hydroxyl groups is 1. The van der Waals surface area contributed by atoms with Gasteiger partial charge in [0, 0.05) is 24.9 Å². The smallest absolute Gasteiger partial charge is 0.338 e. The molecule has 1 saturated heterocycles. The molecule has 8 heteroatoms. The fourth-order valence-electron chi connectivity index (χ4n) is 3.84. The van der Waals surface area contributed by atoms with Gasteiger partial charge in [0.2, 0.25) is 0 Å². The normalized spacial score (nSPS) is 18.1. The van der Waals surface area contributed by atoms with Gasteiger partial charge in [-0.25, -0.2) is 4.79 Å². The van der Waals surface area contributed by atoms with Gasteiger partial charge in [-0.05, 0) is 49.0 Å². The average Bonchev–Trinajstić information content (AvgIpc) is 3.42. The summed E-state index contributed by atoms with van der Waals surface area (Å²) in [6, 6.07) is 16.2. The van der Waals surface area contributed by atoms with Crippen LogP contribution < -0.4 is 5.32 Å². The van der Waals surface area contributed by atoms with Gasteiger partial charge in [0.1, 0.15) is 17.6 Å². The van der Waals surface area contributed by atoms with Gasteiger partial charge in [-0.15, -0.1) is 0 Å². The van der Waals surface area contributed by atoms with Gasteiger partial charge in [0.15, 0.2) is 5.11 Å². The summed E-state index contributed by atoms with van der Waals surface area (Å²) in [6.07, 6.45) is 2.32. The van der Waals surface area contributed by atoms with Gasteiger partial charge in [0.25, 0.3) is 0 Å². The predicted molar refractivity (Wildman–Crippen MR) is 119 cm³/mol. The molecule has 1 fully saturated rings. The molecule has 1 aliphatic heterocycles. The zero-order valence-corrected chi connectivity index (χ0v) is 17.8. The average molecular weight is 438 g/mol. The van der Waals surface area contributed by atoms with Crippen molar-refractivity contribution in [3.8, 4) is 11.3 Å². The Balaban J connectivity index is 1.73. The summed E-state index contributed by atoms with van der Waals surface area (Å²) in [5.74, 6) is 0.833. The van der Waals surface area contributed by atoms with Crippen LogP contribution in [0.1, 0.15) is 40.3 Å². The summed E-state index contributed by atoms with van der Waals surface area (Å²) in [5, 5.41) is 13.3. The highest BCUT2D eigenvalue weighted by molar-refractivity contribution is 7.80. The molecule has 31 heavy (non-hydrogen) atoms. The van der Waals surface area contributed by atoms with Crippen LogP contribution in [0.25, 0.3) is 11.3 Å². The number of hydrogen-bond acceptors (Lipinski definition) is 6. The van der Waals surface area contributed by atoms with Crippen LogP contribution >= 0.6 is 12.2 Å². The summed E-state index contributed by atoms with van der Waals surface area (Å²) in [4.78, 5) is 18.7. The first-order valence-electron chi connectivity index (χ1n) is 10.0. The molecular weight excluding hydrogens is 414 g/mol. The lowest BCUT2D eigenvalue weighted by Crippen LogP contribution is -2.30. The van der Waals surface area contributed by atoms with Gasteiger partial charge in [-0.1, -0.05) is 24.3 Å². The molecule has 4 rings (SSSR count). The third-order valence-corrected chi connectivity index (χ3v) is 5.62. The third-order valence-electron chi connectivity index (χ3n) is 5.27. The Bertz CT molecular complexity index is 1070. The van der Waals surface area contributed by atoms with E-state index < -0.39 is 5.97 Å². The summed E-state index contributed by atoms with van der Waals surface area (Å²) in [5.41, 5.74) is 1.93. The zero-order chi connectivity index (χ0) is 21.8. The molecule has 3 heterocycles. The molecule has 0 saturated carbocycles. The van der Waals surface area contributed by atoms with E-state index in [-0.39, 0.29) is 18.7 Å². The van der Waals surface area contributed by atoms with E-state index in [0.717, 1.165) is 5.69 Å². The SMILES string of the molecule is COC(=O)c1ccccc1-c1ccc([C@H]2[C@H](c3ccccn3)NC(=S)N2CCCO)o1. The van der Waals surface area contributed by atoms with Crippen molar-refractivity contribution in [1.29, 1.82) is 0 Å². The van der Waals surface area contributed by atoms with Crippen LogP contribution in [0.2, 0.25) is 0 Å². The minimum absolute atomic E-state index is 0.0655. The van der Waals surface area contributed by atoms with Crippen LogP contribution in [-0.4, -0.2) is 46.3 Å². The Morgan fingerprint density at radius 1 is 1.23 bits per heavy atom. The maximum absolute atomic E-state index is 12.2. The molecule has 0 amide bonds. The number of carbonyl (C=O) groups is 1. The summed E-state index contributed by atoms with van der Waals surface area (Å²) >= 11 is 5.58. The first-order chi connectivity index (χ1) is 15.1. The number of furan rings is 1. The van der Waals surface area contributed by atoms with Gasteiger partial charge in [0.05, 0.1) is 24.4 Å². The van der Waals surface area contributed by atoms with Crippen molar-refractivity contribution in [3.63, 3.8) is 0 Å². The molecular formula is C23H23N3O4S. The number of thiocarbonyl (C=S) groups is 1. The second-order valence-electron chi connectivity index (χ2n) is 7.14. The number of nitrogens with one attached hydrogen (secondary N) is 1. The first kappa shape index (κ1) is 21.0. The number of esters is 1. The molecule has 7 nitrogen and oxygen atoms in total. The highest BCUT2D eigenvalue weighted by Gasteiger charge is 2.41. The van der Waals surface area contributed by atoms with Crippen molar-refractivity contribution in [2.45, 2.75) is 18.5 Å². The van der Waals surface area contributed by atoms with Gasteiger partial charge in [-0.3, -0.25) is 4.98 Å². The number of aliphatic hydroxyl groups excluding tert-OH is 1. The van der Waals surface area contributed by atoms with E-state index in [9.17, 15) is 9.90 Å². The molecule has 0 unspecified atom stereocenters. The monoisotopic (exact) mass is 437 g/mol. The van der Waals surface area contributed by atoms with E-state index in [1.165, 1.54) is 7.11 Å². The number of aromatic nitrogens is 1. The van der Waals surface area contributed by atoms with Crippen LogP contribution in [0.4, 0.5) is 0 Å². The fourth-order valence-corrected chi connectivity index (χ4v) is 4.17. The van der Waals surface area contributed by atoms with E-state index in [2.05, 4.69) is 10.3 Å². The number of carbonyl (C=O) groups excluding carboxylic acids is 1. The van der Waals surface area contributed by atoms with Crippen LogP contribution in [-0.2, 0) is 4.74 Å². The van der Waals surface area contributed by atoms with Crippen molar-refractivity contribution in [2.75, 3.05) is 20.3 Å². The predicted octanol–water partition coefficient (Wildman–Crippen LogP) is 3.48. The molecule has 160 valence electrons. The number of nitrogens with zero attached hydrogens (tertiary/aromatic N) is 2. The fraction of sp³-hybridized carbons (Fsp3) is 0.261. The second-order valence-corrected chi connectivity index (χ2v) is 7.52. The maximum atomic E-state index is 12.2. The lowest BCUT2D eigenvalue weighted by molar-refractivity contribution is 0.0601. The molecule has 1 aliphatic rings. The molecule has 0 aliphatic carbocycles. The van der Waals surface area contributed by atoms with Crippen molar-refractivity contribution >= 4 is 23.3 Å². The van der Waals surface area contributed by atoms with Gasteiger partial charge < -0.3 is 24.5 Å². The third kappa shape index (κ3) is 4.17. The van der Waals surface area contributed by atoms with E-state index in [0.29, 0.717) is 40.7 Å². The Hall–Kier alpha value is -3.23. The molecule has 0 spiro atoms. The maximum Gasteiger partial charge on any atom is 0.338 e. The standard InChI is InChI=1S/C23H23N3O4S/c1-29-22(28)16-8-3-2-7-15(16)18-10-11-19(30-18)21-20(17-9-4-5-12-24-17)25-23(31)26(21)13-6-14-27/h2-5,7-12,20-21,27H,6,13-14H2,1H3,(H,25,31)/t20-,21-/m0/s1. The highest BCUT2D eigenvalue weighted by Crippen LogP contribution is 2.40. The van der Waals surface area contributed by atoms with Crippen LogP contribution in [0.5, 0.6) is 0 Å². The van der Waals surface area contributed by atoms with E-state index in [1.807, 2.05) is 47.4 Å². The minimum Gasteiger partial charge on any atom is -0.465 e. The summed E-state index contributed by atoms with van der Waals surface area (Å²) in [7, 11) is 1.36. The lowest BCUT2D eigenvalue weighted by atomic mass is 10.0. The van der Waals surface area contributed by atoms with Crippen molar-refractivity contribution in [3.05, 3.63) is 77.8 Å². The quantitative estimate of drug-likeness (QED) is 0.429. The number of hydrogen-bond donors (Lipinski definition) is 2. The van der Waals surface area contributed by atoms with Crippen molar-refractivity contribution in [2.24, 2.45) is 0 Å². The number of rotatable bonds is 7. The van der Waals surface area contributed by atoms with Gasteiger partial charge in [-0.2, -0.15) is 0 Å². The molecule has 3 aromatic rings. The van der Waals surface area contributed by atoms with Crippen LogP contribution in [0.15, 0.2) is 65.2 Å². The summed E-state index contributed by atoms with van der Waals surface area (Å²) < 4.78 is 11.2.